The molecule has 28 heavy (non-hydrogen) atoms. The zero-order valence-corrected chi connectivity index (χ0v) is 16.4. The van der Waals surface area contributed by atoms with Crippen LogP contribution in [0.3, 0.4) is 0 Å². The molecule has 0 unspecified atom stereocenters. The first-order valence-electron chi connectivity index (χ1n) is 9.15. The smallest absolute Gasteiger partial charge is 0.233 e. The Morgan fingerprint density at radius 2 is 1.71 bits per heavy atom. The highest BCUT2D eigenvalue weighted by Gasteiger charge is 2.19. The fourth-order valence-electron chi connectivity index (χ4n) is 3.10. The number of hydrogen-bond donors (Lipinski definition) is 0. The highest BCUT2D eigenvalue weighted by atomic mass is 32.2. The molecule has 1 aromatic carbocycles. The van der Waals surface area contributed by atoms with E-state index in [9.17, 15) is 4.79 Å². The number of amides is 1. The summed E-state index contributed by atoms with van der Waals surface area (Å²) in [5.41, 5.74) is 2.03. The molecule has 0 atom stereocenters. The number of thioether (sulfide) groups is 1. The van der Waals surface area contributed by atoms with E-state index in [0.717, 1.165) is 34.3 Å². The van der Waals surface area contributed by atoms with Crippen LogP contribution in [0.25, 0.3) is 11.0 Å². The van der Waals surface area contributed by atoms with Gasteiger partial charge in [0.25, 0.3) is 0 Å². The van der Waals surface area contributed by atoms with Gasteiger partial charge in [-0.2, -0.15) is 0 Å². The molecule has 0 saturated carbocycles. The Morgan fingerprint density at radius 3 is 2.32 bits per heavy atom. The van der Waals surface area contributed by atoms with E-state index in [1.807, 2.05) is 42.5 Å². The topological polar surface area (TPSA) is 64.4 Å². The Balaban J connectivity index is 1.49. The number of aromatic nitrogens is 2. The summed E-state index contributed by atoms with van der Waals surface area (Å²) in [6.45, 7) is 3.69. The Hall–Kier alpha value is -2.93. The van der Waals surface area contributed by atoms with Crippen molar-refractivity contribution in [2.45, 2.75) is 31.7 Å². The van der Waals surface area contributed by atoms with Crippen molar-refractivity contribution in [3.8, 4) is 0 Å². The quantitative estimate of drug-likeness (QED) is 0.409. The Kier molecular flexibility index (Phi) is 5.53. The molecule has 0 aliphatic carbocycles. The minimum Gasteiger partial charge on any atom is -0.467 e. The number of para-hydroxylation sites is 2. The van der Waals surface area contributed by atoms with Gasteiger partial charge >= 0.3 is 0 Å². The van der Waals surface area contributed by atoms with Crippen LogP contribution in [-0.2, 0) is 24.4 Å². The normalized spacial score (nSPS) is 11.2. The average Bonchev–Trinajstić information content (AvgIpc) is 3.46. The van der Waals surface area contributed by atoms with Crippen molar-refractivity contribution in [2.24, 2.45) is 0 Å². The second-order valence-electron chi connectivity index (χ2n) is 6.32. The second-order valence-corrected chi connectivity index (χ2v) is 7.27. The highest BCUT2D eigenvalue weighted by molar-refractivity contribution is 7.99. The number of carbonyl (C=O) groups is 1. The van der Waals surface area contributed by atoms with E-state index in [4.69, 9.17) is 8.83 Å². The third-order valence-corrected chi connectivity index (χ3v) is 5.43. The van der Waals surface area contributed by atoms with Crippen molar-refractivity contribution < 1.29 is 13.6 Å². The predicted octanol–water partition coefficient (Wildman–Crippen LogP) is 4.56. The molecule has 6 nitrogen and oxygen atoms in total. The van der Waals surface area contributed by atoms with Gasteiger partial charge in [0.2, 0.25) is 5.91 Å². The maximum atomic E-state index is 13.0. The van der Waals surface area contributed by atoms with E-state index < -0.39 is 0 Å². The van der Waals surface area contributed by atoms with Crippen molar-refractivity contribution in [1.29, 1.82) is 0 Å². The summed E-state index contributed by atoms with van der Waals surface area (Å²) < 4.78 is 13.0. The number of benzene rings is 1. The van der Waals surface area contributed by atoms with Crippen molar-refractivity contribution in [3.05, 3.63) is 72.6 Å². The van der Waals surface area contributed by atoms with Gasteiger partial charge in [-0.3, -0.25) is 4.79 Å². The summed E-state index contributed by atoms with van der Waals surface area (Å²) in [4.78, 5) is 19.4. The average molecular weight is 395 g/mol. The zero-order chi connectivity index (χ0) is 19.3. The summed E-state index contributed by atoms with van der Waals surface area (Å²) in [5.74, 6) is 1.79. The number of hydrogen-bond acceptors (Lipinski definition) is 5. The second kappa shape index (κ2) is 8.39. The molecular formula is C21H21N3O3S. The monoisotopic (exact) mass is 395 g/mol. The molecule has 144 valence electrons. The molecule has 0 spiro atoms. The first-order chi connectivity index (χ1) is 13.7. The van der Waals surface area contributed by atoms with Gasteiger partial charge in [-0.25, -0.2) is 4.98 Å². The van der Waals surface area contributed by atoms with E-state index in [2.05, 4.69) is 22.5 Å². The van der Waals surface area contributed by atoms with Crippen LogP contribution < -0.4 is 0 Å². The lowest BCUT2D eigenvalue weighted by atomic mass is 10.3. The Bertz CT molecular complexity index is 1000. The Morgan fingerprint density at radius 1 is 1.04 bits per heavy atom. The maximum Gasteiger partial charge on any atom is 0.233 e. The molecule has 0 radical (unpaired) electrons. The Labute approximate surface area is 167 Å². The van der Waals surface area contributed by atoms with Gasteiger partial charge < -0.3 is 18.3 Å². The molecule has 3 aromatic heterocycles. The molecule has 7 heteroatoms. The van der Waals surface area contributed by atoms with E-state index in [-0.39, 0.29) is 5.91 Å². The van der Waals surface area contributed by atoms with Crippen LogP contribution in [0.5, 0.6) is 0 Å². The van der Waals surface area contributed by atoms with Gasteiger partial charge in [0.1, 0.15) is 11.5 Å². The van der Waals surface area contributed by atoms with Crippen molar-refractivity contribution >= 4 is 28.7 Å². The summed E-state index contributed by atoms with van der Waals surface area (Å²) in [7, 11) is 0. The van der Waals surface area contributed by atoms with E-state index in [1.165, 1.54) is 11.8 Å². The number of fused-ring (bicyclic) bond motifs is 1. The van der Waals surface area contributed by atoms with E-state index in [1.54, 1.807) is 17.4 Å². The fraction of sp³-hybridized carbons (Fsp3) is 0.238. The molecule has 4 rings (SSSR count). The van der Waals surface area contributed by atoms with Gasteiger partial charge in [-0.15, -0.1) is 0 Å². The largest absolute Gasteiger partial charge is 0.467 e. The third-order valence-electron chi connectivity index (χ3n) is 4.47. The fourth-order valence-corrected chi connectivity index (χ4v) is 4.08. The summed E-state index contributed by atoms with van der Waals surface area (Å²) in [5, 5.41) is 0.855. The van der Waals surface area contributed by atoms with Crippen LogP contribution in [0.1, 0.15) is 18.4 Å². The van der Waals surface area contributed by atoms with Crippen LogP contribution in [-0.4, -0.2) is 26.1 Å². The molecule has 0 aliphatic heterocycles. The number of carbonyl (C=O) groups excluding carboxylic acids is 1. The number of rotatable bonds is 8. The van der Waals surface area contributed by atoms with Gasteiger partial charge in [-0.1, -0.05) is 23.9 Å². The molecule has 0 N–H and O–H groups in total. The standard InChI is InChI=1S/C21H21N3O3S/c1-2-24-19-10-4-3-9-18(19)22-21(24)28-15-20(25)23(13-16-7-5-11-26-16)14-17-8-6-12-27-17/h3-12H,2,13-15H2,1H3. The minimum absolute atomic E-state index is 0.00695. The highest BCUT2D eigenvalue weighted by Crippen LogP contribution is 2.24. The molecule has 4 aromatic rings. The number of nitrogens with zero attached hydrogens (tertiary/aromatic N) is 3. The molecule has 0 bridgehead atoms. The first-order valence-corrected chi connectivity index (χ1v) is 10.1. The summed E-state index contributed by atoms with van der Waals surface area (Å²) in [6.07, 6.45) is 3.23. The van der Waals surface area contributed by atoms with E-state index >= 15 is 0 Å². The predicted molar refractivity (Wildman–Crippen MR) is 108 cm³/mol. The van der Waals surface area contributed by atoms with E-state index in [0.29, 0.717) is 18.8 Å². The van der Waals surface area contributed by atoms with Crippen molar-refractivity contribution in [3.63, 3.8) is 0 Å². The first kappa shape index (κ1) is 18.4. The van der Waals surface area contributed by atoms with Crippen molar-refractivity contribution in [2.75, 3.05) is 5.75 Å². The lowest BCUT2D eigenvalue weighted by molar-refractivity contribution is -0.130. The van der Waals surface area contributed by atoms with Crippen LogP contribution in [0, 0.1) is 0 Å². The zero-order valence-electron chi connectivity index (χ0n) is 15.6. The molecule has 0 saturated heterocycles. The number of furan rings is 2. The minimum atomic E-state index is 0.00695. The lowest BCUT2D eigenvalue weighted by Crippen LogP contribution is -2.31. The molecular weight excluding hydrogens is 374 g/mol. The molecule has 0 aliphatic rings. The van der Waals surface area contributed by atoms with Crippen LogP contribution >= 0.6 is 11.8 Å². The SMILES string of the molecule is CCn1c(SCC(=O)N(Cc2ccco2)Cc2ccco2)nc2ccccc21. The molecule has 1 amide bonds. The van der Waals surface area contributed by atoms with Gasteiger partial charge in [0.15, 0.2) is 5.16 Å². The van der Waals surface area contributed by atoms with Crippen LogP contribution in [0.15, 0.2) is 75.0 Å². The molecule has 3 heterocycles. The van der Waals surface area contributed by atoms with Crippen LogP contribution in [0.4, 0.5) is 0 Å². The van der Waals surface area contributed by atoms with Crippen LogP contribution in [0.2, 0.25) is 0 Å². The van der Waals surface area contributed by atoms with Crippen molar-refractivity contribution in [1.82, 2.24) is 14.5 Å². The van der Waals surface area contributed by atoms with Gasteiger partial charge in [0, 0.05) is 6.54 Å². The maximum absolute atomic E-state index is 13.0. The molecule has 0 fully saturated rings. The lowest BCUT2D eigenvalue weighted by Gasteiger charge is -2.20. The summed E-state index contributed by atoms with van der Waals surface area (Å²) >= 11 is 1.46. The number of imidazole rings is 1. The summed E-state index contributed by atoms with van der Waals surface area (Å²) in [6, 6.07) is 15.4. The third kappa shape index (κ3) is 3.99. The van der Waals surface area contributed by atoms with Gasteiger partial charge in [-0.05, 0) is 43.3 Å². The van der Waals surface area contributed by atoms with Gasteiger partial charge in [0.05, 0.1) is 42.4 Å². The number of aryl methyl sites for hydroxylation is 1.